The SMILES string of the molecule is CCCN1CCCC(N2CCCC2C2CCCN2)CC1. The number of rotatable bonds is 4. The van der Waals surface area contributed by atoms with Crippen molar-refractivity contribution in [3.05, 3.63) is 0 Å². The predicted molar refractivity (Wildman–Crippen MR) is 85.1 cm³/mol. The number of hydrogen-bond donors (Lipinski definition) is 1. The van der Waals surface area contributed by atoms with Gasteiger partial charge in [0.25, 0.3) is 0 Å². The largest absolute Gasteiger partial charge is 0.312 e. The molecule has 3 heteroatoms. The second kappa shape index (κ2) is 7.24. The Labute approximate surface area is 125 Å². The van der Waals surface area contributed by atoms with Crippen molar-refractivity contribution in [2.45, 2.75) is 76.4 Å². The van der Waals surface area contributed by atoms with Crippen LogP contribution in [0.15, 0.2) is 0 Å². The van der Waals surface area contributed by atoms with Gasteiger partial charge in [-0.2, -0.15) is 0 Å². The summed E-state index contributed by atoms with van der Waals surface area (Å²) in [5.74, 6) is 0. The summed E-state index contributed by atoms with van der Waals surface area (Å²) in [4.78, 5) is 5.59. The molecule has 3 fully saturated rings. The fourth-order valence-electron chi connectivity index (χ4n) is 4.75. The molecule has 0 aliphatic carbocycles. The van der Waals surface area contributed by atoms with Gasteiger partial charge in [0.2, 0.25) is 0 Å². The zero-order valence-corrected chi connectivity index (χ0v) is 13.3. The molecule has 0 radical (unpaired) electrons. The van der Waals surface area contributed by atoms with Crippen LogP contribution in [0.5, 0.6) is 0 Å². The number of likely N-dealkylation sites (tertiary alicyclic amines) is 2. The molecule has 116 valence electrons. The normalized spacial score (nSPS) is 37.4. The lowest BCUT2D eigenvalue weighted by Gasteiger charge is -2.36. The van der Waals surface area contributed by atoms with E-state index in [0.29, 0.717) is 0 Å². The van der Waals surface area contributed by atoms with E-state index < -0.39 is 0 Å². The van der Waals surface area contributed by atoms with Gasteiger partial charge in [-0.15, -0.1) is 0 Å². The van der Waals surface area contributed by atoms with Gasteiger partial charge in [0.05, 0.1) is 0 Å². The van der Waals surface area contributed by atoms with Gasteiger partial charge in [-0.3, -0.25) is 4.90 Å². The first-order valence-electron chi connectivity index (χ1n) is 9.10. The minimum Gasteiger partial charge on any atom is -0.312 e. The molecule has 3 aliphatic heterocycles. The maximum Gasteiger partial charge on any atom is 0.0252 e. The van der Waals surface area contributed by atoms with Crippen molar-refractivity contribution >= 4 is 0 Å². The van der Waals surface area contributed by atoms with E-state index in [9.17, 15) is 0 Å². The molecule has 3 heterocycles. The van der Waals surface area contributed by atoms with E-state index >= 15 is 0 Å². The molecule has 0 spiro atoms. The summed E-state index contributed by atoms with van der Waals surface area (Å²) in [7, 11) is 0. The number of nitrogens with one attached hydrogen (secondary N) is 1. The van der Waals surface area contributed by atoms with Crippen LogP contribution in [0.3, 0.4) is 0 Å². The van der Waals surface area contributed by atoms with Crippen molar-refractivity contribution in [1.29, 1.82) is 0 Å². The lowest BCUT2D eigenvalue weighted by atomic mass is 10.0. The summed E-state index contributed by atoms with van der Waals surface area (Å²) >= 11 is 0. The first-order valence-corrected chi connectivity index (χ1v) is 9.10. The average Bonchev–Trinajstić information content (AvgIpc) is 3.08. The van der Waals surface area contributed by atoms with Gasteiger partial charge in [0.15, 0.2) is 0 Å². The highest BCUT2D eigenvalue weighted by Gasteiger charge is 2.37. The van der Waals surface area contributed by atoms with Crippen LogP contribution in [0.4, 0.5) is 0 Å². The molecule has 3 rings (SSSR count). The van der Waals surface area contributed by atoms with Gasteiger partial charge in [0, 0.05) is 18.1 Å². The van der Waals surface area contributed by atoms with Crippen LogP contribution in [-0.2, 0) is 0 Å². The van der Waals surface area contributed by atoms with E-state index in [2.05, 4.69) is 22.0 Å². The molecule has 0 amide bonds. The van der Waals surface area contributed by atoms with E-state index in [1.54, 1.807) is 0 Å². The first kappa shape index (κ1) is 14.8. The maximum atomic E-state index is 3.76. The Morgan fingerprint density at radius 2 is 1.85 bits per heavy atom. The standard InChI is InChI=1S/C17H33N3/c1-2-11-19-12-4-6-15(9-14-19)20-13-5-8-17(20)16-7-3-10-18-16/h15-18H,2-14H2,1H3. The molecule has 3 aliphatic rings. The molecule has 0 aromatic rings. The molecule has 0 aromatic heterocycles. The van der Waals surface area contributed by atoms with Gasteiger partial charge >= 0.3 is 0 Å². The Kier molecular flexibility index (Phi) is 5.36. The third-order valence-electron chi connectivity index (χ3n) is 5.70. The highest BCUT2D eigenvalue weighted by atomic mass is 15.2. The molecule has 3 unspecified atom stereocenters. The monoisotopic (exact) mass is 279 g/mol. The van der Waals surface area contributed by atoms with Crippen molar-refractivity contribution in [2.24, 2.45) is 0 Å². The van der Waals surface area contributed by atoms with Gasteiger partial charge in [-0.05, 0) is 84.1 Å². The Balaban J connectivity index is 1.57. The van der Waals surface area contributed by atoms with Crippen molar-refractivity contribution in [2.75, 3.05) is 32.7 Å². The minimum absolute atomic E-state index is 0.799. The predicted octanol–water partition coefficient (Wildman–Crippen LogP) is 2.47. The molecule has 0 bridgehead atoms. The second-order valence-corrected chi connectivity index (χ2v) is 7.08. The molecule has 3 atom stereocenters. The average molecular weight is 279 g/mol. The summed E-state index contributed by atoms with van der Waals surface area (Å²) in [5.41, 5.74) is 0. The van der Waals surface area contributed by atoms with E-state index in [-0.39, 0.29) is 0 Å². The maximum absolute atomic E-state index is 3.76. The fourth-order valence-corrected chi connectivity index (χ4v) is 4.75. The Bertz CT molecular complexity index is 288. The topological polar surface area (TPSA) is 18.5 Å². The highest BCUT2D eigenvalue weighted by Crippen LogP contribution is 2.30. The molecular formula is C17H33N3. The quantitative estimate of drug-likeness (QED) is 0.853. The van der Waals surface area contributed by atoms with Crippen molar-refractivity contribution in [1.82, 2.24) is 15.1 Å². The van der Waals surface area contributed by atoms with Gasteiger partial charge < -0.3 is 10.2 Å². The third-order valence-corrected chi connectivity index (χ3v) is 5.70. The van der Waals surface area contributed by atoms with Crippen LogP contribution in [0.25, 0.3) is 0 Å². The molecule has 0 saturated carbocycles. The van der Waals surface area contributed by atoms with E-state index in [1.165, 1.54) is 84.1 Å². The summed E-state index contributed by atoms with van der Waals surface area (Å²) < 4.78 is 0. The Hall–Kier alpha value is -0.120. The van der Waals surface area contributed by atoms with Crippen molar-refractivity contribution in [3.63, 3.8) is 0 Å². The molecule has 3 nitrogen and oxygen atoms in total. The minimum atomic E-state index is 0.799. The van der Waals surface area contributed by atoms with E-state index in [1.807, 2.05) is 0 Å². The van der Waals surface area contributed by atoms with Crippen LogP contribution >= 0.6 is 0 Å². The number of hydrogen-bond acceptors (Lipinski definition) is 3. The van der Waals surface area contributed by atoms with Crippen molar-refractivity contribution < 1.29 is 0 Å². The van der Waals surface area contributed by atoms with Crippen LogP contribution < -0.4 is 5.32 Å². The van der Waals surface area contributed by atoms with Gasteiger partial charge in [-0.25, -0.2) is 0 Å². The zero-order chi connectivity index (χ0) is 13.8. The van der Waals surface area contributed by atoms with Crippen molar-refractivity contribution in [3.8, 4) is 0 Å². The van der Waals surface area contributed by atoms with Crippen LogP contribution in [-0.4, -0.2) is 60.6 Å². The molecule has 1 N–H and O–H groups in total. The molecule has 0 aromatic carbocycles. The third kappa shape index (κ3) is 3.37. The van der Waals surface area contributed by atoms with E-state index in [0.717, 1.165) is 18.1 Å². The first-order chi connectivity index (χ1) is 9.88. The van der Waals surface area contributed by atoms with Gasteiger partial charge in [0.1, 0.15) is 0 Å². The second-order valence-electron chi connectivity index (χ2n) is 7.08. The molecule has 20 heavy (non-hydrogen) atoms. The Morgan fingerprint density at radius 1 is 0.950 bits per heavy atom. The van der Waals surface area contributed by atoms with Crippen LogP contribution in [0, 0.1) is 0 Å². The lowest BCUT2D eigenvalue weighted by Crippen LogP contribution is -2.48. The summed E-state index contributed by atoms with van der Waals surface area (Å²) in [6.07, 6.45) is 11.2. The fraction of sp³-hybridized carbons (Fsp3) is 1.00. The number of nitrogens with zero attached hydrogens (tertiary/aromatic N) is 2. The Morgan fingerprint density at radius 3 is 2.65 bits per heavy atom. The highest BCUT2D eigenvalue weighted by molar-refractivity contribution is 4.95. The zero-order valence-electron chi connectivity index (χ0n) is 13.3. The molecular weight excluding hydrogens is 246 g/mol. The lowest BCUT2D eigenvalue weighted by molar-refractivity contribution is 0.138. The summed E-state index contributed by atoms with van der Waals surface area (Å²) in [6.45, 7) is 8.90. The van der Waals surface area contributed by atoms with Gasteiger partial charge in [-0.1, -0.05) is 6.92 Å². The smallest absolute Gasteiger partial charge is 0.0252 e. The summed E-state index contributed by atoms with van der Waals surface area (Å²) in [5, 5.41) is 3.76. The van der Waals surface area contributed by atoms with Crippen LogP contribution in [0.2, 0.25) is 0 Å². The summed E-state index contributed by atoms with van der Waals surface area (Å²) in [6, 6.07) is 2.51. The van der Waals surface area contributed by atoms with Crippen LogP contribution in [0.1, 0.15) is 58.3 Å². The molecule has 3 saturated heterocycles. The van der Waals surface area contributed by atoms with E-state index in [4.69, 9.17) is 0 Å².